The van der Waals surface area contributed by atoms with E-state index in [0.29, 0.717) is 11.5 Å². The molecule has 1 atom stereocenters. The van der Waals surface area contributed by atoms with Gasteiger partial charge in [0.2, 0.25) is 5.89 Å². The summed E-state index contributed by atoms with van der Waals surface area (Å²) in [5.41, 5.74) is 0.481. The summed E-state index contributed by atoms with van der Waals surface area (Å²) < 4.78 is 18.4. The number of carbonyl (C=O) groups excluding carboxylic acids is 1. The number of halogens is 1. The maximum atomic E-state index is 13.0. The van der Waals surface area contributed by atoms with Crippen LogP contribution in [0.3, 0.4) is 0 Å². The number of aromatic nitrogens is 2. The maximum absolute atomic E-state index is 13.0. The molecule has 1 amide bonds. The lowest BCUT2D eigenvalue weighted by atomic mass is 10.0. The Morgan fingerprint density at radius 1 is 1.23 bits per heavy atom. The number of hydrogen-bond donors (Lipinski definition) is 1. The third kappa shape index (κ3) is 4.27. The molecular weight excluding hydrogens is 335 g/mol. The second-order valence-electron chi connectivity index (χ2n) is 7.11. The van der Waals surface area contributed by atoms with Gasteiger partial charge < -0.3 is 9.84 Å². The first kappa shape index (κ1) is 18.5. The van der Waals surface area contributed by atoms with Crippen molar-refractivity contribution in [2.45, 2.75) is 51.6 Å². The van der Waals surface area contributed by atoms with E-state index < -0.39 is 0 Å². The third-order valence-electron chi connectivity index (χ3n) is 4.85. The molecule has 2 aromatic rings. The number of nitrogens with one attached hydrogen (secondary N) is 1. The van der Waals surface area contributed by atoms with Crippen LogP contribution < -0.4 is 5.32 Å². The minimum absolute atomic E-state index is 0.0590. The molecule has 7 heteroatoms. The molecule has 6 nitrogen and oxygen atoms in total. The molecule has 1 unspecified atom stereocenters. The maximum Gasteiger partial charge on any atom is 0.251 e. The van der Waals surface area contributed by atoms with E-state index in [9.17, 15) is 9.18 Å². The Morgan fingerprint density at radius 2 is 1.88 bits per heavy atom. The number of rotatable bonds is 5. The number of nitrogens with zero attached hydrogens (tertiary/aromatic N) is 3. The van der Waals surface area contributed by atoms with Crippen molar-refractivity contribution < 1.29 is 13.7 Å². The average molecular weight is 360 g/mol. The fourth-order valence-electron chi connectivity index (χ4n) is 3.11. The molecule has 0 bridgehead atoms. The third-order valence-corrected chi connectivity index (χ3v) is 4.85. The van der Waals surface area contributed by atoms with Crippen molar-refractivity contribution in [3.8, 4) is 0 Å². The first-order valence-corrected chi connectivity index (χ1v) is 9.08. The highest BCUT2D eigenvalue weighted by Gasteiger charge is 2.27. The molecule has 140 valence electrons. The van der Waals surface area contributed by atoms with Crippen molar-refractivity contribution in [2.75, 3.05) is 13.1 Å². The largest absolute Gasteiger partial charge is 0.349 e. The lowest BCUT2D eigenvalue weighted by Gasteiger charge is -2.34. The molecule has 1 saturated heterocycles. The molecule has 3 rings (SSSR count). The Balaban J connectivity index is 1.51. The van der Waals surface area contributed by atoms with Crippen LogP contribution in [0.2, 0.25) is 0 Å². The number of benzene rings is 1. The Labute approximate surface area is 152 Å². The van der Waals surface area contributed by atoms with Crippen molar-refractivity contribution >= 4 is 5.91 Å². The zero-order valence-electron chi connectivity index (χ0n) is 15.4. The summed E-state index contributed by atoms with van der Waals surface area (Å²) in [5.74, 6) is 1.11. The van der Waals surface area contributed by atoms with E-state index in [1.165, 1.54) is 24.3 Å². The minimum Gasteiger partial charge on any atom is -0.349 e. The van der Waals surface area contributed by atoms with Crippen molar-refractivity contribution in [2.24, 2.45) is 0 Å². The van der Waals surface area contributed by atoms with Crippen LogP contribution in [0.15, 0.2) is 28.8 Å². The number of amides is 1. The quantitative estimate of drug-likeness (QED) is 0.886. The van der Waals surface area contributed by atoms with Gasteiger partial charge in [0.05, 0.1) is 6.04 Å². The van der Waals surface area contributed by atoms with Crippen molar-refractivity contribution in [1.29, 1.82) is 0 Å². The van der Waals surface area contributed by atoms with Gasteiger partial charge in [0.15, 0.2) is 5.82 Å². The fourth-order valence-corrected chi connectivity index (χ4v) is 3.11. The highest BCUT2D eigenvalue weighted by Crippen LogP contribution is 2.24. The first-order valence-electron chi connectivity index (χ1n) is 9.08. The van der Waals surface area contributed by atoms with E-state index >= 15 is 0 Å². The lowest BCUT2D eigenvalue weighted by molar-refractivity contribution is 0.0881. The van der Waals surface area contributed by atoms with Crippen LogP contribution >= 0.6 is 0 Å². The molecule has 2 heterocycles. The Kier molecular flexibility index (Phi) is 5.66. The zero-order chi connectivity index (χ0) is 18.7. The van der Waals surface area contributed by atoms with Crippen molar-refractivity contribution in [3.63, 3.8) is 0 Å². The molecule has 1 aromatic carbocycles. The molecule has 0 spiro atoms. The van der Waals surface area contributed by atoms with Crippen LogP contribution in [0.1, 0.15) is 67.6 Å². The summed E-state index contributed by atoms with van der Waals surface area (Å²) in [6, 6.07) is 5.78. The summed E-state index contributed by atoms with van der Waals surface area (Å²) in [6.45, 7) is 7.82. The fraction of sp³-hybridized carbons (Fsp3) is 0.526. The predicted molar refractivity (Wildman–Crippen MR) is 95.3 cm³/mol. The van der Waals surface area contributed by atoms with Gasteiger partial charge in [-0.3, -0.25) is 9.69 Å². The highest BCUT2D eigenvalue weighted by molar-refractivity contribution is 5.94. The van der Waals surface area contributed by atoms with E-state index in [1.807, 2.05) is 13.8 Å². The van der Waals surface area contributed by atoms with E-state index in [2.05, 4.69) is 27.3 Å². The summed E-state index contributed by atoms with van der Waals surface area (Å²) in [6.07, 6.45) is 1.70. The lowest BCUT2D eigenvalue weighted by Crippen LogP contribution is -2.45. The highest BCUT2D eigenvalue weighted by atomic mass is 19.1. The molecular formula is C19H25FN4O2. The van der Waals surface area contributed by atoms with Crippen LogP contribution in [0.25, 0.3) is 0 Å². The summed E-state index contributed by atoms with van der Waals surface area (Å²) >= 11 is 0. The van der Waals surface area contributed by atoms with Gasteiger partial charge >= 0.3 is 0 Å². The Morgan fingerprint density at radius 3 is 2.46 bits per heavy atom. The molecule has 0 aliphatic carbocycles. The Hall–Kier alpha value is -2.28. The number of piperidine rings is 1. The van der Waals surface area contributed by atoms with E-state index in [1.54, 1.807) is 0 Å². The molecule has 1 aromatic heterocycles. The zero-order valence-corrected chi connectivity index (χ0v) is 15.4. The van der Waals surface area contributed by atoms with Crippen LogP contribution in [0.5, 0.6) is 0 Å². The predicted octanol–water partition coefficient (Wildman–Crippen LogP) is 3.29. The van der Waals surface area contributed by atoms with E-state index in [-0.39, 0.29) is 29.7 Å². The topological polar surface area (TPSA) is 71.3 Å². The van der Waals surface area contributed by atoms with Gasteiger partial charge in [0.1, 0.15) is 5.82 Å². The number of likely N-dealkylation sites (tertiary alicyclic amines) is 1. The van der Waals surface area contributed by atoms with Gasteiger partial charge in [-0.25, -0.2) is 4.39 Å². The normalized spacial score (nSPS) is 17.4. The van der Waals surface area contributed by atoms with Crippen molar-refractivity contribution in [3.05, 3.63) is 47.4 Å². The van der Waals surface area contributed by atoms with E-state index in [4.69, 9.17) is 4.52 Å². The SMILES string of the molecule is CC(C)c1noc(C(C)N2CCC(NC(=O)c3ccc(F)cc3)CC2)n1. The summed E-state index contributed by atoms with van der Waals surface area (Å²) in [7, 11) is 0. The summed E-state index contributed by atoms with van der Waals surface area (Å²) in [5, 5.41) is 7.06. The van der Waals surface area contributed by atoms with Crippen LogP contribution in [0.4, 0.5) is 4.39 Å². The monoisotopic (exact) mass is 360 g/mol. The number of hydrogen-bond acceptors (Lipinski definition) is 5. The molecule has 1 N–H and O–H groups in total. The van der Waals surface area contributed by atoms with Gasteiger partial charge in [-0.1, -0.05) is 19.0 Å². The second-order valence-corrected chi connectivity index (χ2v) is 7.11. The first-order chi connectivity index (χ1) is 12.4. The van der Waals surface area contributed by atoms with Gasteiger partial charge in [0, 0.05) is 30.6 Å². The average Bonchev–Trinajstić information content (AvgIpc) is 3.13. The van der Waals surface area contributed by atoms with Crippen molar-refractivity contribution in [1.82, 2.24) is 20.4 Å². The van der Waals surface area contributed by atoms with Gasteiger partial charge in [-0.2, -0.15) is 4.98 Å². The standard InChI is InChI=1S/C19H25FN4O2/c1-12(2)17-22-19(26-23-17)13(3)24-10-8-16(9-11-24)21-18(25)14-4-6-15(20)7-5-14/h4-7,12-13,16H,8-11H2,1-3H3,(H,21,25). The van der Waals surface area contributed by atoms with Crippen LogP contribution in [-0.2, 0) is 0 Å². The molecule has 0 saturated carbocycles. The Bertz CT molecular complexity index is 736. The molecule has 0 radical (unpaired) electrons. The minimum atomic E-state index is -0.342. The van der Waals surface area contributed by atoms with E-state index in [0.717, 1.165) is 31.8 Å². The van der Waals surface area contributed by atoms with Gasteiger partial charge in [-0.15, -0.1) is 0 Å². The van der Waals surface area contributed by atoms with Gasteiger partial charge in [0.25, 0.3) is 5.91 Å². The molecule has 1 fully saturated rings. The smallest absolute Gasteiger partial charge is 0.251 e. The van der Waals surface area contributed by atoms with Crippen LogP contribution in [-0.4, -0.2) is 40.1 Å². The van der Waals surface area contributed by atoms with Crippen LogP contribution in [0, 0.1) is 5.82 Å². The van der Waals surface area contributed by atoms with Gasteiger partial charge in [-0.05, 0) is 44.0 Å². The molecule has 1 aliphatic heterocycles. The molecule has 26 heavy (non-hydrogen) atoms. The summed E-state index contributed by atoms with van der Waals surface area (Å²) in [4.78, 5) is 19.0. The molecule has 1 aliphatic rings. The number of carbonyl (C=O) groups is 1. The second kappa shape index (κ2) is 7.95.